The summed E-state index contributed by atoms with van der Waals surface area (Å²) in [5.41, 5.74) is 0. The fourth-order valence-corrected chi connectivity index (χ4v) is 3.69. The van der Waals surface area contributed by atoms with Gasteiger partial charge in [0, 0.05) is 26.1 Å². The van der Waals surface area contributed by atoms with E-state index in [1.807, 2.05) is 0 Å². The lowest BCUT2D eigenvalue weighted by Crippen LogP contribution is -2.46. The van der Waals surface area contributed by atoms with Crippen molar-refractivity contribution in [3.63, 3.8) is 0 Å². The Morgan fingerprint density at radius 1 is 1.29 bits per heavy atom. The highest BCUT2D eigenvalue weighted by atomic mass is 35.5. The quantitative estimate of drug-likeness (QED) is 0.672. The summed E-state index contributed by atoms with van der Waals surface area (Å²) in [6, 6.07) is -0.940. The Morgan fingerprint density at radius 2 is 1.88 bits per heavy atom. The molecule has 0 aromatic carbocycles. The number of halogens is 5. The maximum absolute atomic E-state index is 13.0. The molecule has 1 amide bonds. The van der Waals surface area contributed by atoms with Crippen molar-refractivity contribution in [2.45, 2.75) is 37.0 Å². The molecule has 0 saturated carbocycles. The standard InChI is InChI=1S/C12H19F4N3O3S.ClH/c13-11(14)23(21,22)19-3-1-8(2-4-19)6-17-10(20)9-5-12(15,16)7-18-9;/h8-9,11,18H,1-7H2,(H,17,20);1H. The van der Waals surface area contributed by atoms with Crippen LogP contribution < -0.4 is 10.6 Å². The third-order valence-corrected chi connectivity index (χ3v) is 5.69. The van der Waals surface area contributed by atoms with Crippen LogP contribution in [0, 0.1) is 5.92 Å². The molecule has 2 aliphatic heterocycles. The zero-order valence-electron chi connectivity index (χ0n) is 12.7. The third-order valence-electron chi connectivity index (χ3n) is 4.15. The van der Waals surface area contributed by atoms with Gasteiger partial charge >= 0.3 is 5.76 Å². The molecule has 2 saturated heterocycles. The van der Waals surface area contributed by atoms with E-state index in [0.717, 1.165) is 4.31 Å². The normalized spacial score (nSPS) is 25.5. The molecule has 12 heteroatoms. The number of hydrogen-bond acceptors (Lipinski definition) is 4. The van der Waals surface area contributed by atoms with Gasteiger partial charge < -0.3 is 5.32 Å². The summed E-state index contributed by atoms with van der Waals surface area (Å²) in [6.07, 6.45) is 0.116. The van der Waals surface area contributed by atoms with Crippen molar-refractivity contribution in [1.29, 1.82) is 0 Å². The molecule has 0 aromatic heterocycles. The van der Waals surface area contributed by atoms with Crippen LogP contribution in [0.1, 0.15) is 19.3 Å². The largest absolute Gasteiger partial charge is 0.354 e. The molecule has 142 valence electrons. The third kappa shape index (κ3) is 5.17. The number of rotatable bonds is 5. The smallest absolute Gasteiger partial charge is 0.350 e. The van der Waals surface area contributed by atoms with Crippen LogP contribution in [0.2, 0.25) is 0 Å². The van der Waals surface area contributed by atoms with Crippen LogP contribution in [0.5, 0.6) is 0 Å². The van der Waals surface area contributed by atoms with Gasteiger partial charge in [0.05, 0.1) is 12.6 Å². The Hall–Kier alpha value is -0.650. The minimum absolute atomic E-state index is 0. The lowest BCUT2D eigenvalue weighted by atomic mass is 9.98. The van der Waals surface area contributed by atoms with Crippen molar-refractivity contribution in [1.82, 2.24) is 14.9 Å². The van der Waals surface area contributed by atoms with E-state index in [-0.39, 0.29) is 38.0 Å². The highest BCUT2D eigenvalue weighted by Crippen LogP contribution is 2.25. The lowest BCUT2D eigenvalue weighted by Gasteiger charge is -2.31. The van der Waals surface area contributed by atoms with Crippen LogP contribution in [-0.2, 0) is 14.8 Å². The molecule has 1 unspecified atom stereocenters. The van der Waals surface area contributed by atoms with E-state index in [9.17, 15) is 30.8 Å². The summed E-state index contributed by atoms with van der Waals surface area (Å²) >= 11 is 0. The number of alkyl halides is 4. The number of sulfonamides is 1. The molecule has 0 aromatic rings. The molecule has 0 radical (unpaired) electrons. The number of carbonyl (C=O) groups excluding carboxylic acids is 1. The van der Waals surface area contributed by atoms with Crippen molar-refractivity contribution in [2.75, 3.05) is 26.2 Å². The summed E-state index contributed by atoms with van der Waals surface area (Å²) in [6.45, 7) is -0.389. The van der Waals surface area contributed by atoms with E-state index >= 15 is 0 Å². The predicted molar refractivity (Wildman–Crippen MR) is 80.8 cm³/mol. The van der Waals surface area contributed by atoms with Gasteiger partial charge in [0.25, 0.3) is 15.9 Å². The van der Waals surface area contributed by atoms with E-state index in [4.69, 9.17) is 0 Å². The van der Waals surface area contributed by atoms with E-state index in [2.05, 4.69) is 10.6 Å². The number of nitrogens with zero attached hydrogens (tertiary/aromatic N) is 1. The fourth-order valence-electron chi connectivity index (χ4n) is 2.75. The van der Waals surface area contributed by atoms with Crippen LogP contribution in [0.15, 0.2) is 0 Å². The van der Waals surface area contributed by atoms with Crippen LogP contribution in [0.3, 0.4) is 0 Å². The monoisotopic (exact) mass is 397 g/mol. The Kier molecular flexibility index (Phi) is 7.27. The zero-order chi connectivity index (χ0) is 17.3. The van der Waals surface area contributed by atoms with Crippen molar-refractivity contribution in [3.05, 3.63) is 0 Å². The summed E-state index contributed by atoms with van der Waals surface area (Å²) in [5, 5.41) is 5.00. The highest BCUT2D eigenvalue weighted by molar-refractivity contribution is 7.89. The van der Waals surface area contributed by atoms with Gasteiger partial charge in [-0.3, -0.25) is 10.1 Å². The number of amides is 1. The van der Waals surface area contributed by atoms with E-state index in [0.29, 0.717) is 12.8 Å². The van der Waals surface area contributed by atoms with Crippen molar-refractivity contribution < 1.29 is 30.8 Å². The minimum atomic E-state index is -4.56. The molecule has 24 heavy (non-hydrogen) atoms. The maximum Gasteiger partial charge on any atom is 0.350 e. The van der Waals surface area contributed by atoms with Gasteiger partial charge in [0.15, 0.2) is 0 Å². The Balaban J connectivity index is 0.00000288. The zero-order valence-corrected chi connectivity index (χ0v) is 14.3. The molecule has 2 aliphatic rings. The molecule has 2 fully saturated rings. The Labute approximate surface area is 143 Å². The van der Waals surface area contributed by atoms with Crippen LogP contribution in [0.4, 0.5) is 17.6 Å². The molecule has 6 nitrogen and oxygen atoms in total. The molecule has 2 heterocycles. The van der Waals surface area contributed by atoms with Crippen LogP contribution >= 0.6 is 12.4 Å². The van der Waals surface area contributed by atoms with Gasteiger partial charge in [-0.1, -0.05) is 0 Å². The van der Waals surface area contributed by atoms with Crippen molar-refractivity contribution in [3.8, 4) is 0 Å². The highest BCUT2D eigenvalue weighted by Gasteiger charge is 2.42. The topological polar surface area (TPSA) is 78.5 Å². The number of carbonyl (C=O) groups is 1. The Morgan fingerprint density at radius 3 is 2.33 bits per heavy atom. The first-order valence-corrected chi connectivity index (χ1v) is 8.78. The SMILES string of the molecule is Cl.O=C(NCC1CCN(S(=O)(=O)C(F)F)CC1)C1CC(F)(F)CN1. The molecule has 1 atom stereocenters. The number of hydrogen-bond donors (Lipinski definition) is 2. The summed E-state index contributed by atoms with van der Waals surface area (Å²) < 4.78 is 74.2. The molecular weight excluding hydrogens is 378 g/mol. The first-order chi connectivity index (χ1) is 10.6. The van der Waals surface area contributed by atoms with Crippen molar-refractivity contribution >= 4 is 28.3 Å². The molecule has 2 rings (SSSR count). The molecule has 0 bridgehead atoms. The second-order valence-corrected chi connectivity index (χ2v) is 7.79. The molecular formula is C12H20ClF4N3O3S. The van der Waals surface area contributed by atoms with E-state index in [1.165, 1.54) is 0 Å². The van der Waals surface area contributed by atoms with Gasteiger partial charge in [-0.25, -0.2) is 17.2 Å². The van der Waals surface area contributed by atoms with E-state index < -0.39 is 46.6 Å². The number of nitrogens with one attached hydrogen (secondary N) is 2. The predicted octanol–water partition coefficient (Wildman–Crippen LogP) is 0.786. The van der Waals surface area contributed by atoms with Gasteiger partial charge in [0.1, 0.15) is 0 Å². The van der Waals surface area contributed by atoms with Gasteiger partial charge in [-0.05, 0) is 18.8 Å². The summed E-state index contributed by atoms with van der Waals surface area (Å²) in [7, 11) is -4.56. The van der Waals surface area contributed by atoms with Gasteiger partial charge in [-0.15, -0.1) is 12.4 Å². The average Bonchev–Trinajstić information content (AvgIpc) is 2.85. The van der Waals surface area contributed by atoms with Crippen molar-refractivity contribution in [2.24, 2.45) is 5.92 Å². The summed E-state index contributed by atoms with van der Waals surface area (Å²) in [4.78, 5) is 11.8. The molecule has 0 aliphatic carbocycles. The Bertz CT molecular complexity index is 542. The minimum Gasteiger partial charge on any atom is -0.354 e. The first-order valence-electron chi connectivity index (χ1n) is 7.28. The maximum atomic E-state index is 13.0. The molecule has 2 N–H and O–H groups in total. The molecule has 0 spiro atoms. The lowest BCUT2D eigenvalue weighted by molar-refractivity contribution is -0.123. The number of piperidine rings is 1. The fraction of sp³-hybridized carbons (Fsp3) is 0.917. The van der Waals surface area contributed by atoms with Gasteiger partial charge in [-0.2, -0.15) is 13.1 Å². The second kappa shape index (κ2) is 8.15. The average molecular weight is 398 g/mol. The van der Waals surface area contributed by atoms with E-state index in [1.54, 1.807) is 0 Å². The van der Waals surface area contributed by atoms with Gasteiger partial charge in [0.2, 0.25) is 5.91 Å². The second-order valence-electron chi connectivity index (χ2n) is 5.89. The van der Waals surface area contributed by atoms with Crippen LogP contribution in [0.25, 0.3) is 0 Å². The van der Waals surface area contributed by atoms with Crippen LogP contribution in [-0.4, -0.2) is 62.5 Å². The summed E-state index contributed by atoms with van der Waals surface area (Å²) in [5.74, 6) is -6.92. The first kappa shape index (κ1) is 21.4.